The molecule has 0 heterocycles. The normalized spacial score (nSPS) is 13.9. The van der Waals surface area contributed by atoms with E-state index in [2.05, 4.69) is 10.6 Å². The maximum absolute atomic E-state index is 11.9. The number of benzene rings is 1. The summed E-state index contributed by atoms with van der Waals surface area (Å²) < 4.78 is 0. The molecule has 1 aliphatic rings. The van der Waals surface area contributed by atoms with Crippen molar-refractivity contribution in [3.63, 3.8) is 0 Å². The topological polar surface area (TPSA) is 84.2 Å². The Kier molecular flexibility index (Phi) is 4.04. The highest BCUT2D eigenvalue weighted by molar-refractivity contribution is 5.99. The average Bonchev–Trinajstić information content (AvgIpc) is 3.21. The van der Waals surface area contributed by atoms with Gasteiger partial charge in [0.15, 0.2) is 0 Å². The van der Waals surface area contributed by atoms with Crippen molar-refractivity contribution in [1.29, 1.82) is 0 Å². The van der Waals surface area contributed by atoms with Crippen LogP contribution in [0.25, 0.3) is 0 Å². The fourth-order valence-electron chi connectivity index (χ4n) is 1.81. The van der Waals surface area contributed by atoms with Crippen LogP contribution in [0.3, 0.4) is 0 Å². The van der Waals surface area contributed by atoms with Crippen LogP contribution in [0.5, 0.6) is 0 Å². The molecule has 2 rings (SSSR count). The van der Waals surface area contributed by atoms with Crippen LogP contribution < -0.4 is 16.4 Å². The molecule has 1 aliphatic carbocycles. The third kappa shape index (κ3) is 3.71. The Bertz CT molecular complexity index is 495. The van der Waals surface area contributed by atoms with Crippen molar-refractivity contribution in [2.24, 2.45) is 5.92 Å². The van der Waals surface area contributed by atoms with Gasteiger partial charge in [-0.15, -0.1) is 0 Å². The minimum atomic E-state index is -0.207. The van der Waals surface area contributed by atoms with Gasteiger partial charge >= 0.3 is 0 Å². The Labute approximate surface area is 112 Å². The number of aryl methyl sites for hydroxylation is 1. The Hall–Kier alpha value is -2.04. The minimum Gasteiger partial charge on any atom is -0.398 e. The number of nitrogens with one attached hydrogen (secondary N) is 2. The molecule has 102 valence electrons. The van der Waals surface area contributed by atoms with E-state index >= 15 is 0 Å². The van der Waals surface area contributed by atoms with Gasteiger partial charge in [0, 0.05) is 24.7 Å². The van der Waals surface area contributed by atoms with E-state index in [1.165, 1.54) is 0 Å². The Morgan fingerprint density at radius 1 is 1.26 bits per heavy atom. The van der Waals surface area contributed by atoms with Crippen molar-refractivity contribution in [2.45, 2.75) is 19.8 Å². The first kappa shape index (κ1) is 13.4. The predicted molar refractivity (Wildman–Crippen MR) is 73.7 cm³/mol. The van der Waals surface area contributed by atoms with Crippen LogP contribution in [0.1, 0.15) is 28.8 Å². The van der Waals surface area contributed by atoms with Crippen LogP contribution in [0, 0.1) is 12.8 Å². The summed E-state index contributed by atoms with van der Waals surface area (Å²) in [6.45, 7) is 2.77. The quantitative estimate of drug-likeness (QED) is 0.542. The Morgan fingerprint density at radius 2 is 1.95 bits per heavy atom. The van der Waals surface area contributed by atoms with E-state index in [4.69, 9.17) is 5.73 Å². The zero-order valence-electron chi connectivity index (χ0n) is 11.0. The second-order valence-corrected chi connectivity index (χ2v) is 4.91. The molecular weight excluding hydrogens is 242 g/mol. The van der Waals surface area contributed by atoms with Gasteiger partial charge in [0.2, 0.25) is 5.91 Å². The van der Waals surface area contributed by atoms with Crippen LogP contribution in [-0.4, -0.2) is 24.9 Å². The number of anilines is 1. The summed E-state index contributed by atoms with van der Waals surface area (Å²) in [5, 5.41) is 5.54. The summed E-state index contributed by atoms with van der Waals surface area (Å²) in [6.07, 6.45) is 1.97. The van der Waals surface area contributed by atoms with Crippen LogP contribution in [-0.2, 0) is 4.79 Å². The van der Waals surface area contributed by atoms with Crippen molar-refractivity contribution >= 4 is 17.5 Å². The highest BCUT2D eigenvalue weighted by Gasteiger charge is 2.28. The molecule has 1 aromatic carbocycles. The second-order valence-electron chi connectivity index (χ2n) is 4.91. The molecule has 0 spiro atoms. The van der Waals surface area contributed by atoms with Gasteiger partial charge < -0.3 is 16.4 Å². The third-order valence-electron chi connectivity index (χ3n) is 3.11. The molecule has 2 amide bonds. The molecule has 5 heteroatoms. The number of nitrogen functional groups attached to an aromatic ring is 1. The lowest BCUT2D eigenvalue weighted by molar-refractivity contribution is -0.122. The van der Waals surface area contributed by atoms with E-state index in [0.717, 1.165) is 18.4 Å². The number of rotatable bonds is 5. The van der Waals surface area contributed by atoms with Gasteiger partial charge in [-0.3, -0.25) is 9.59 Å². The van der Waals surface area contributed by atoms with Gasteiger partial charge in [-0.1, -0.05) is 11.6 Å². The lowest BCUT2D eigenvalue weighted by Gasteiger charge is -2.09. The first-order valence-electron chi connectivity index (χ1n) is 6.50. The largest absolute Gasteiger partial charge is 0.398 e. The van der Waals surface area contributed by atoms with E-state index in [9.17, 15) is 9.59 Å². The smallest absolute Gasteiger partial charge is 0.253 e. The van der Waals surface area contributed by atoms with Crippen LogP contribution >= 0.6 is 0 Å². The summed E-state index contributed by atoms with van der Waals surface area (Å²) >= 11 is 0. The fraction of sp³-hybridized carbons (Fsp3) is 0.429. The molecular formula is C14H19N3O2. The van der Waals surface area contributed by atoms with Crippen molar-refractivity contribution in [2.75, 3.05) is 18.8 Å². The highest BCUT2D eigenvalue weighted by Crippen LogP contribution is 2.28. The van der Waals surface area contributed by atoms with Crippen molar-refractivity contribution in [1.82, 2.24) is 10.6 Å². The Balaban J connectivity index is 1.77. The number of nitrogens with two attached hydrogens (primary N) is 1. The maximum atomic E-state index is 11.9. The van der Waals surface area contributed by atoms with Gasteiger partial charge in [-0.25, -0.2) is 0 Å². The van der Waals surface area contributed by atoms with E-state index in [1.807, 2.05) is 13.0 Å². The zero-order chi connectivity index (χ0) is 13.8. The molecule has 1 fully saturated rings. The van der Waals surface area contributed by atoms with E-state index < -0.39 is 0 Å². The molecule has 1 saturated carbocycles. The van der Waals surface area contributed by atoms with Crippen molar-refractivity contribution in [3.8, 4) is 0 Å². The van der Waals surface area contributed by atoms with Gasteiger partial charge in [0.25, 0.3) is 5.91 Å². The number of hydrogen-bond acceptors (Lipinski definition) is 3. The molecule has 0 atom stereocenters. The SMILES string of the molecule is Cc1ccc(N)c(C(=O)NCCNC(=O)C2CC2)c1. The molecule has 0 aromatic heterocycles. The fourth-order valence-corrected chi connectivity index (χ4v) is 1.81. The predicted octanol–water partition coefficient (Wildman–Crippen LogP) is 0.833. The van der Waals surface area contributed by atoms with Crippen LogP contribution in [0.4, 0.5) is 5.69 Å². The van der Waals surface area contributed by atoms with Crippen LogP contribution in [0.15, 0.2) is 18.2 Å². The number of carbonyl (C=O) groups is 2. The lowest BCUT2D eigenvalue weighted by atomic mass is 10.1. The van der Waals surface area contributed by atoms with E-state index in [-0.39, 0.29) is 17.7 Å². The monoisotopic (exact) mass is 261 g/mol. The molecule has 4 N–H and O–H groups in total. The highest BCUT2D eigenvalue weighted by atomic mass is 16.2. The number of hydrogen-bond donors (Lipinski definition) is 3. The third-order valence-corrected chi connectivity index (χ3v) is 3.11. The van der Waals surface area contributed by atoms with Gasteiger partial charge in [0.1, 0.15) is 0 Å². The summed E-state index contributed by atoms with van der Waals surface area (Å²) in [5.41, 5.74) is 7.69. The zero-order valence-corrected chi connectivity index (χ0v) is 11.0. The lowest BCUT2D eigenvalue weighted by Crippen LogP contribution is -2.35. The maximum Gasteiger partial charge on any atom is 0.253 e. The van der Waals surface area contributed by atoms with Crippen molar-refractivity contribution in [3.05, 3.63) is 29.3 Å². The van der Waals surface area contributed by atoms with Gasteiger partial charge in [0.05, 0.1) is 5.56 Å². The van der Waals surface area contributed by atoms with E-state index in [1.54, 1.807) is 12.1 Å². The molecule has 0 unspecified atom stereocenters. The van der Waals surface area contributed by atoms with Crippen molar-refractivity contribution < 1.29 is 9.59 Å². The van der Waals surface area contributed by atoms with Crippen LogP contribution in [0.2, 0.25) is 0 Å². The molecule has 0 saturated heterocycles. The van der Waals surface area contributed by atoms with Gasteiger partial charge in [-0.05, 0) is 31.9 Å². The molecule has 19 heavy (non-hydrogen) atoms. The standard InChI is InChI=1S/C14H19N3O2/c1-9-2-5-12(15)11(8-9)14(19)17-7-6-16-13(18)10-3-4-10/h2,5,8,10H,3-4,6-7,15H2,1H3,(H,16,18)(H,17,19). The number of amides is 2. The molecule has 0 aliphatic heterocycles. The van der Waals surface area contributed by atoms with E-state index in [0.29, 0.717) is 24.3 Å². The molecule has 0 bridgehead atoms. The summed E-state index contributed by atoms with van der Waals surface area (Å²) in [5.74, 6) is 0.0781. The molecule has 5 nitrogen and oxygen atoms in total. The first-order chi connectivity index (χ1) is 9.08. The average molecular weight is 261 g/mol. The molecule has 0 radical (unpaired) electrons. The molecule has 1 aromatic rings. The summed E-state index contributed by atoms with van der Waals surface area (Å²) in [7, 11) is 0. The first-order valence-corrected chi connectivity index (χ1v) is 6.50. The van der Waals surface area contributed by atoms with Gasteiger partial charge in [-0.2, -0.15) is 0 Å². The number of carbonyl (C=O) groups excluding carboxylic acids is 2. The Morgan fingerprint density at radius 3 is 2.63 bits per heavy atom. The second kappa shape index (κ2) is 5.73. The summed E-state index contributed by atoms with van der Waals surface area (Å²) in [6, 6.07) is 5.34. The minimum absolute atomic E-state index is 0.0873. The summed E-state index contributed by atoms with van der Waals surface area (Å²) in [4.78, 5) is 23.3.